The summed E-state index contributed by atoms with van der Waals surface area (Å²) in [6.45, 7) is 0. The Kier molecular flexibility index (Phi) is 4.81. The van der Waals surface area contributed by atoms with Crippen LogP contribution in [-0.4, -0.2) is 0 Å². The molecule has 0 aliphatic rings. The van der Waals surface area contributed by atoms with Crippen LogP contribution < -0.4 is 11.3 Å². The van der Waals surface area contributed by atoms with Crippen LogP contribution in [0.3, 0.4) is 0 Å². The minimum absolute atomic E-state index is 0.330. The zero-order chi connectivity index (χ0) is 14.0. The molecule has 1 unspecified atom stereocenters. The maximum Gasteiger partial charge on any atom is 0.124 e. The van der Waals surface area contributed by atoms with Crippen LogP contribution in [0.4, 0.5) is 4.39 Å². The van der Waals surface area contributed by atoms with E-state index in [9.17, 15) is 4.39 Å². The summed E-state index contributed by atoms with van der Waals surface area (Å²) in [4.78, 5) is 0. The van der Waals surface area contributed by atoms with Crippen LogP contribution in [0.2, 0.25) is 10.0 Å². The molecule has 2 nitrogen and oxygen atoms in total. The monoisotopic (exact) mass is 362 g/mol. The fourth-order valence-corrected chi connectivity index (χ4v) is 2.82. The summed E-state index contributed by atoms with van der Waals surface area (Å²) in [6.07, 6.45) is 0. The number of nitrogens with one attached hydrogen (secondary N) is 1. The molecule has 0 aromatic heterocycles. The highest BCUT2D eigenvalue weighted by Gasteiger charge is 2.19. The maximum atomic E-state index is 13.1. The zero-order valence-corrected chi connectivity index (χ0v) is 12.7. The number of benzene rings is 2. The SMILES string of the molecule is NNC(c1ccc(F)cc1Br)c1cccc(Cl)c1Cl. The molecule has 0 saturated heterocycles. The first-order valence-electron chi connectivity index (χ1n) is 5.39. The predicted molar refractivity (Wildman–Crippen MR) is 79.7 cm³/mol. The Morgan fingerprint density at radius 1 is 1.16 bits per heavy atom. The van der Waals surface area contributed by atoms with Crippen molar-refractivity contribution in [2.75, 3.05) is 0 Å². The first-order chi connectivity index (χ1) is 9.04. The summed E-state index contributed by atoms with van der Waals surface area (Å²) in [5.41, 5.74) is 4.16. The maximum absolute atomic E-state index is 13.1. The lowest BCUT2D eigenvalue weighted by Crippen LogP contribution is -2.29. The van der Waals surface area contributed by atoms with Gasteiger partial charge in [0.2, 0.25) is 0 Å². The average molecular weight is 364 g/mol. The fourth-order valence-electron chi connectivity index (χ4n) is 1.83. The number of rotatable bonds is 3. The van der Waals surface area contributed by atoms with Gasteiger partial charge >= 0.3 is 0 Å². The van der Waals surface area contributed by atoms with Gasteiger partial charge in [-0.3, -0.25) is 5.84 Å². The molecule has 1 atom stereocenters. The molecular weight excluding hydrogens is 354 g/mol. The molecule has 2 aromatic rings. The normalized spacial score (nSPS) is 12.5. The summed E-state index contributed by atoms with van der Waals surface area (Å²) < 4.78 is 13.7. The van der Waals surface area contributed by atoms with Crippen molar-refractivity contribution in [3.8, 4) is 0 Å². The van der Waals surface area contributed by atoms with Gasteiger partial charge < -0.3 is 0 Å². The number of halogens is 4. The van der Waals surface area contributed by atoms with Gasteiger partial charge in [0.15, 0.2) is 0 Å². The lowest BCUT2D eigenvalue weighted by atomic mass is 9.99. The van der Waals surface area contributed by atoms with Gasteiger partial charge in [-0.15, -0.1) is 0 Å². The van der Waals surface area contributed by atoms with E-state index in [2.05, 4.69) is 21.4 Å². The molecule has 0 spiro atoms. The van der Waals surface area contributed by atoms with E-state index in [-0.39, 0.29) is 11.9 Å². The largest absolute Gasteiger partial charge is 0.271 e. The fraction of sp³-hybridized carbons (Fsp3) is 0.0769. The van der Waals surface area contributed by atoms with Gasteiger partial charge in [0, 0.05) is 4.47 Å². The molecule has 3 N–H and O–H groups in total. The first kappa shape index (κ1) is 14.8. The Balaban J connectivity index is 2.53. The van der Waals surface area contributed by atoms with Gasteiger partial charge in [0.05, 0.1) is 16.1 Å². The van der Waals surface area contributed by atoms with Crippen molar-refractivity contribution in [3.63, 3.8) is 0 Å². The number of hydrazine groups is 1. The third kappa shape index (κ3) is 3.09. The second-order valence-corrected chi connectivity index (χ2v) is 5.55. The molecule has 100 valence electrons. The van der Waals surface area contributed by atoms with Crippen LogP contribution in [-0.2, 0) is 0 Å². The lowest BCUT2D eigenvalue weighted by molar-refractivity contribution is 0.613. The van der Waals surface area contributed by atoms with E-state index in [0.717, 1.165) is 11.1 Å². The Bertz CT molecular complexity index is 607. The summed E-state index contributed by atoms with van der Waals surface area (Å²) in [5, 5.41) is 0.862. The second-order valence-electron chi connectivity index (χ2n) is 3.91. The highest BCUT2D eigenvalue weighted by atomic mass is 79.9. The average Bonchev–Trinajstić information content (AvgIpc) is 2.37. The van der Waals surface area contributed by atoms with Crippen molar-refractivity contribution < 1.29 is 4.39 Å². The summed E-state index contributed by atoms with van der Waals surface area (Å²) >= 11 is 15.5. The quantitative estimate of drug-likeness (QED) is 0.624. The minimum atomic E-state index is -0.388. The molecule has 0 aliphatic heterocycles. The smallest absolute Gasteiger partial charge is 0.124 e. The molecule has 0 aliphatic carbocycles. The van der Waals surface area contributed by atoms with Crippen LogP contribution in [0.15, 0.2) is 40.9 Å². The molecule has 0 bridgehead atoms. The van der Waals surface area contributed by atoms with Crippen LogP contribution in [0.5, 0.6) is 0 Å². The van der Waals surface area contributed by atoms with E-state index in [1.54, 1.807) is 18.2 Å². The van der Waals surface area contributed by atoms with Crippen LogP contribution >= 0.6 is 39.1 Å². The van der Waals surface area contributed by atoms with E-state index in [4.69, 9.17) is 29.0 Å². The first-order valence-corrected chi connectivity index (χ1v) is 6.94. The Hall–Kier alpha value is -0.650. The molecule has 0 radical (unpaired) electrons. The van der Waals surface area contributed by atoms with Crippen LogP contribution in [0, 0.1) is 5.82 Å². The Labute approximate surface area is 128 Å². The lowest BCUT2D eigenvalue weighted by Gasteiger charge is -2.20. The third-order valence-electron chi connectivity index (χ3n) is 2.73. The molecular formula is C13H10BrCl2FN2. The van der Waals surface area contributed by atoms with Gasteiger partial charge in [0.25, 0.3) is 0 Å². The standard InChI is InChI=1S/C13H10BrCl2FN2/c14-10-6-7(17)4-5-8(10)13(19-18)9-2-1-3-11(15)12(9)16/h1-6,13,19H,18H2. The van der Waals surface area contributed by atoms with E-state index in [1.165, 1.54) is 12.1 Å². The minimum Gasteiger partial charge on any atom is -0.271 e. The highest BCUT2D eigenvalue weighted by molar-refractivity contribution is 9.10. The molecule has 2 aromatic carbocycles. The third-order valence-corrected chi connectivity index (χ3v) is 4.25. The molecule has 19 heavy (non-hydrogen) atoms. The van der Waals surface area contributed by atoms with Crippen molar-refractivity contribution in [1.29, 1.82) is 0 Å². The van der Waals surface area contributed by atoms with Crippen molar-refractivity contribution in [2.24, 2.45) is 5.84 Å². The van der Waals surface area contributed by atoms with Crippen LogP contribution in [0.1, 0.15) is 17.2 Å². The van der Waals surface area contributed by atoms with Gasteiger partial charge in [0.1, 0.15) is 5.82 Å². The van der Waals surface area contributed by atoms with E-state index in [0.29, 0.717) is 14.5 Å². The molecule has 0 heterocycles. The van der Waals surface area contributed by atoms with Gasteiger partial charge in [-0.2, -0.15) is 0 Å². The zero-order valence-electron chi connectivity index (χ0n) is 9.63. The van der Waals surface area contributed by atoms with Crippen molar-refractivity contribution in [2.45, 2.75) is 6.04 Å². The molecule has 2 rings (SSSR count). The predicted octanol–water partition coefficient (Wildman–Crippen LogP) is 4.45. The second kappa shape index (κ2) is 6.20. The number of nitrogens with two attached hydrogens (primary N) is 1. The van der Waals surface area contributed by atoms with Gasteiger partial charge in [-0.05, 0) is 29.3 Å². The van der Waals surface area contributed by atoms with E-state index in [1.807, 2.05) is 6.07 Å². The Morgan fingerprint density at radius 3 is 2.53 bits per heavy atom. The van der Waals surface area contributed by atoms with E-state index >= 15 is 0 Å². The van der Waals surface area contributed by atoms with Crippen molar-refractivity contribution >= 4 is 39.1 Å². The van der Waals surface area contributed by atoms with E-state index < -0.39 is 0 Å². The molecule has 6 heteroatoms. The molecule has 0 fully saturated rings. The van der Waals surface area contributed by atoms with Gasteiger partial charge in [-0.1, -0.05) is 57.3 Å². The molecule has 0 amide bonds. The summed E-state index contributed by atoms with van der Waals surface area (Å²) in [7, 11) is 0. The summed E-state index contributed by atoms with van der Waals surface area (Å²) in [5.74, 6) is 5.27. The molecule has 0 saturated carbocycles. The Morgan fingerprint density at radius 2 is 1.89 bits per heavy atom. The van der Waals surface area contributed by atoms with Crippen molar-refractivity contribution in [3.05, 3.63) is 67.9 Å². The highest BCUT2D eigenvalue weighted by Crippen LogP contribution is 2.35. The van der Waals surface area contributed by atoms with Crippen molar-refractivity contribution in [1.82, 2.24) is 5.43 Å². The van der Waals surface area contributed by atoms with Crippen LogP contribution in [0.25, 0.3) is 0 Å². The topological polar surface area (TPSA) is 38.0 Å². The summed E-state index contributed by atoms with van der Waals surface area (Å²) in [6, 6.07) is 9.28. The van der Waals surface area contributed by atoms with Gasteiger partial charge in [-0.25, -0.2) is 9.82 Å². The number of hydrogen-bond donors (Lipinski definition) is 2. The number of hydrogen-bond acceptors (Lipinski definition) is 2.